The Morgan fingerprint density at radius 1 is 1.23 bits per heavy atom. The Morgan fingerprint density at radius 3 is 2.55 bits per heavy atom. The van der Waals surface area contributed by atoms with Crippen LogP contribution in [0.25, 0.3) is 0 Å². The van der Waals surface area contributed by atoms with Crippen molar-refractivity contribution in [2.75, 3.05) is 13.6 Å². The lowest BCUT2D eigenvalue weighted by molar-refractivity contribution is -0.122. The smallest absolute Gasteiger partial charge is 0.234 e. The van der Waals surface area contributed by atoms with Crippen LogP contribution >= 0.6 is 23.2 Å². The minimum atomic E-state index is 0.0396. The van der Waals surface area contributed by atoms with Crippen LogP contribution in [0.3, 0.4) is 0 Å². The molecule has 1 saturated carbocycles. The minimum Gasteiger partial charge on any atom is -0.351 e. The molecule has 0 radical (unpaired) electrons. The van der Waals surface area contributed by atoms with Gasteiger partial charge in [0.2, 0.25) is 5.91 Å². The molecular weight excluding hydrogens is 319 g/mol. The third-order valence-electron chi connectivity index (χ3n) is 4.33. The molecule has 1 N–H and O–H groups in total. The van der Waals surface area contributed by atoms with Crippen LogP contribution in [0.4, 0.5) is 0 Å². The second-order valence-corrected chi connectivity index (χ2v) is 6.92. The van der Waals surface area contributed by atoms with E-state index in [-0.39, 0.29) is 5.91 Å². The summed E-state index contributed by atoms with van der Waals surface area (Å²) in [5.74, 6) is 0.0396. The number of hydrogen-bond donors (Lipinski definition) is 1. The van der Waals surface area contributed by atoms with Gasteiger partial charge in [-0.15, -0.1) is 0 Å². The lowest BCUT2D eigenvalue weighted by Crippen LogP contribution is -2.40. The third kappa shape index (κ3) is 5.45. The Kier molecular flexibility index (Phi) is 7.00. The molecule has 1 aliphatic carbocycles. The number of benzene rings is 1. The molecule has 0 atom stereocenters. The van der Waals surface area contributed by atoms with E-state index in [1.165, 1.54) is 38.5 Å². The molecular formula is C17H24Cl2N2O. The van der Waals surface area contributed by atoms with Crippen LogP contribution in [-0.4, -0.2) is 30.4 Å². The maximum absolute atomic E-state index is 12.1. The number of nitrogens with one attached hydrogen (secondary N) is 1. The van der Waals surface area contributed by atoms with Gasteiger partial charge in [0.05, 0.1) is 6.54 Å². The molecule has 0 bridgehead atoms. The molecule has 0 spiro atoms. The summed E-state index contributed by atoms with van der Waals surface area (Å²) in [6.45, 7) is 0.878. The van der Waals surface area contributed by atoms with Crippen LogP contribution in [0.15, 0.2) is 18.2 Å². The van der Waals surface area contributed by atoms with E-state index in [4.69, 9.17) is 23.2 Å². The third-order valence-corrected chi connectivity index (χ3v) is 4.92. The molecule has 1 aromatic carbocycles. The Labute approximate surface area is 143 Å². The molecule has 5 heteroatoms. The zero-order chi connectivity index (χ0) is 15.9. The van der Waals surface area contributed by atoms with Crippen LogP contribution in [0.2, 0.25) is 10.0 Å². The van der Waals surface area contributed by atoms with E-state index in [9.17, 15) is 4.79 Å². The largest absolute Gasteiger partial charge is 0.351 e. The van der Waals surface area contributed by atoms with Gasteiger partial charge in [-0.2, -0.15) is 0 Å². The van der Waals surface area contributed by atoms with E-state index < -0.39 is 0 Å². The quantitative estimate of drug-likeness (QED) is 0.810. The summed E-state index contributed by atoms with van der Waals surface area (Å²) < 4.78 is 0. The normalized spacial score (nSPS) is 16.5. The summed E-state index contributed by atoms with van der Waals surface area (Å²) in [5, 5.41) is 4.13. The summed E-state index contributed by atoms with van der Waals surface area (Å²) in [5.41, 5.74) is 0.886. The van der Waals surface area contributed by atoms with E-state index >= 15 is 0 Å². The lowest BCUT2D eigenvalue weighted by atomic mass is 10.1. The van der Waals surface area contributed by atoms with E-state index in [1.807, 2.05) is 13.1 Å². The summed E-state index contributed by atoms with van der Waals surface area (Å²) in [7, 11) is 2.05. The molecule has 0 aromatic heterocycles. The highest BCUT2D eigenvalue weighted by atomic mass is 35.5. The van der Waals surface area contributed by atoms with Gasteiger partial charge in [0, 0.05) is 22.6 Å². The monoisotopic (exact) mass is 342 g/mol. The van der Waals surface area contributed by atoms with Crippen LogP contribution in [0, 0.1) is 0 Å². The molecule has 0 saturated heterocycles. The van der Waals surface area contributed by atoms with Crippen molar-refractivity contribution in [1.82, 2.24) is 10.2 Å². The Morgan fingerprint density at radius 2 is 1.91 bits per heavy atom. The average Bonchev–Trinajstić information content (AvgIpc) is 2.75. The second kappa shape index (κ2) is 8.76. The van der Waals surface area contributed by atoms with Crippen LogP contribution in [0.5, 0.6) is 0 Å². The van der Waals surface area contributed by atoms with Gasteiger partial charge in [0.15, 0.2) is 0 Å². The molecule has 1 fully saturated rings. The fraction of sp³-hybridized carbons (Fsp3) is 0.588. The number of carbonyl (C=O) groups is 1. The van der Waals surface area contributed by atoms with Crippen molar-refractivity contribution in [3.63, 3.8) is 0 Å². The van der Waals surface area contributed by atoms with E-state index in [0.29, 0.717) is 29.2 Å². The van der Waals surface area contributed by atoms with Crippen molar-refractivity contribution >= 4 is 29.1 Å². The fourth-order valence-corrected chi connectivity index (χ4v) is 3.44. The van der Waals surface area contributed by atoms with Gasteiger partial charge in [0.1, 0.15) is 0 Å². The van der Waals surface area contributed by atoms with Gasteiger partial charge >= 0.3 is 0 Å². The van der Waals surface area contributed by atoms with E-state index in [0.717, 1.165) is 5.56 Å². The van der Waals surface area contributed by atoms with Gasteiger partial charge in [-0.05, 0) is 37.6 Å². The molecule has 0 unspecified atom stereocenters. The standard InChI is InChI=1S/C17H24Cl2N2O/c1-21(15-6-4-2-3-5-7-15)12-17(22)20-11-13-8-9-14(18)10-16(13)19/h8-10,15H,2-7,11-12H2,1H3,(H,20,22). The van der Waals surface area contributed by atoms with Gasteiger partial charge in [-0.25, -0.2) is 0 Å². The summed E-state index contributed by atoms with van der Waals surface area (Å²) in [6, 6.07) is 5.86. The Bertz CT molecular complexity index is 499. The molecule has 1 amide bonds. The number of rotatable bonds is 5. The van der Waals surface area contributed by atoms with Gasteiger partial charge in [-0.1, -0.05) is 55.0 Å². The van der Waals surface area contributed by atoms with Crippen molar-refractivity contribution in [1.29, 1.82) is 0 Å². The number of halogens is 2. The van der Waals surface area contributed by atoms with Crippen molar-refractivity contribution in [3.05, 3.63) is 33.8 Å². The van der Waals surface area contributed by atoms with E-state index in [2.05, 4.69) is 10.2 Å². The maximum Gasteiger partial charge on any atom is 0.234 e. The molecule has 2 rings (SSSR count). The summed E-state index contributed by atoms with van der Waals surface area (Å²) >= 11 is 12.0. The Hall–Kier alpha value is -0.770. The number of amides is 1. The second-order valence-electron chi connectivity index (χ2n) is 6.07. The Balaban J connectivity index is 1.79. The highest BCUT2D eigenvalue weighted by Crippen LogP contribution is 2.22. The number of hydrogen-bond acceptors (Lipinski definition) is 2. The highest BCUT2D eigenvalue weighted by Gasteiger charge is 2.18. The van der Waals surface area contributed by atoms with Gasteiger partial charge < -0.3 is 5.32 Å². The van der Waals surface area contributed by atoms with Crippen LogP contribution < -0.4 is 5.32 Å². The zero-order valence-corrected chi connectivity index (χ0v) is 14.6. The summed E-state index contributed by atoms with van der Waals surface area (Å²) in [4.78, 5) is 14.3. The predicted octanol–water partition coefficient (Wildman–Crippen LogP) is 4.26. The molecule has 1 aliphatic rings. The fourth-order valence-electron chi connectivity index (χ4n) is 2.97. The highest BCUT2D eigenvalue weighted by molar-refractivity contribution is 6.35. The van der Waals surface area contributed by atoms with Crippen molar-refractivity contribution in [2.24, 2.45) is 0 Å². The first kappa shape index (κ1) is 17.6. The first-order chi connectivity index (χ1) is 10.6. The maximum atomic E-state index is 12.1. The number of nitrogens with zero attached hydrogens (tertiary/aromatic N) is 1. The molecule has 122 valence electrons. The molecule has 0 heterocycles. The van der Waals surface area contributed by atoms with E-state index in [1.54, 1.807) is 12.1 Å². The molecule has 3 nitrogen and oxygen atoms in total. The minimum absolute atomic E-state index is 0.0396. The first-order valence-electron chi connectivity index (χ1n) is 7.97. The summed E-state index contributed by atoms with van der Waals surface area (Å²) in [6.07, 6.45) is 7.60. The SMILES string of the molecule is CN(CC(=O)NCc1ccc(Cl)cc1Cl)C1CCCCCC1. The van der Waals surface area contributed by atoms with Crippen molar-refractivity contribution < 1.29 is 4.79 Å². The van der Waals surface area contributed by atoms with Crippen molar-refractivity contribution in [3.8, 4) is 0 Å². The molecule has 0 aliphatic heterocycles. The molecule has 22 heavy (non-hydrogen) atoms. The predicted molar refractivity (Wildman–Crippen MR) is 92.4 cm³/mol. The molecule has 1 aromatic rings. The topological polar surface area (TPSA) is 32.3 Å². The van der Waals surface area contributed by atoms with Crippen LogP contribution in [0.1, 0.15) is 44.1 Å². The number of likely N-dealkylation sites (N-methyl/N-ethyl adjacent to an activating group) is 1. The van der Waals surface area contributed by atoms with Crippen LogP contribution in [-0.2, 0) is 11.3 Å². The average molecular weight is 343 g/mol. The van der Waals surface area contributed by atoms with Gasteiger partial charge in [0.25, 0.3) is 0 Å². The van der Waals surface area contributed by atoms with Gasteiger partial charge in [-0.3, -0.25) is 9.69 Å². The number of carbonyl (C=O) groups excluding carboxylic acids is 1. The zero-order valence-electron chi connectivity index (χ0n) is 13.1. The van der Waals surface area contributed by atoms with Crippen molar-refractivity contribution in [2.45, 2.75) is 51.1 Å². The lowest BCUT2D eigenvalue weighted by Gasteiger charge is -2.26. The first-order valence-corrected chi connectivity index (χ1v) is 8.72.